The molecule has 1 aromatic heterocycles. The lowest BCUT2D eigenvalue weighted by Crippen LogP contribution is -2.41. The van der Waals surface area contributed by atoms with Crippen LogP contribution in [-0.2, 0) is 15.7 Å². The summed E-state index contributed by atoms with van der Waals surface area (Å²) < 4.78 is 59.4. The van der Waals surface area contributed by atoms with Gasteiger partial charge in [-0.25, -0.2) is 14.4 Å². The Kier molecular flexibility index (Phi) is 6.04. The zero-order valence-electron chi connectivity index (χ0n) is 18.9. The first-order valence-corrected chi connectivity index (χ1v) is 11.3. The monoisotopic (exact) mass is 489 g/mol. The van der Waals surface area contributed by atoms with Crippen molar-refractivity contribution in [1.29, 1.82) is 0 Å². The Morgan fingerprint density at radius 1 is 1.20 bits per heavy atom. The quantitative estimate of drug-likeness (QED) is 0.476. The Morgan fingerprint density at radius 2 is 1.97 bits per heavy atom. The third kappa shape index (κ3) is 4.52. The molecule has 5 rings (SSSR count). The molecule has 0 saturated carbocycles. The van der Waals surface area contributed by atoms with Gasteiger partial charge in [-0.2, -0.15) is 13.2 Å². The van der Waals surface area contributed by atoms with Crippen LogP contribution in [0.5, 0.6) is 0 Å². The van der Waals surface area contributed by atoms with Crippen LogP contribution in [0.2, 0.25) is 0 Å². The summed E-state index contributed by atoms with van der Waals surface area (Å²) in [4.78, 5) is 29.2. The topological polar surface area (TPSA) is 70.7 Å². The smallest absolute Gasteiger partial charge is 0.375 e. The summed E-state index contributed by atoms with van der Waals surface area (Å²) in [7, 11) is 1.48. The normalized spacial score (nSPS) is 20.6. The van der Waals surface area contributed by atoms with Gasteiger partial charge in [0.05, 0.1) is 23.5 Å². The van der Waals surface area contributed by atoms with Crippen LogP contribution in [0.4, 0.5) is 17.6 Å². The number of benzene rings is 1. The van der Waals surface area contributed by atoms with E-state index in [9.17, 15) is 22.4 Å². The maximum Gasteiger partial charge on any atom is 0.419 e. The molecule has 4 heterocycles. The average molecular weight is 489 g/mol. The van der Waals surface area contributed by atoms with Crippen LogP contribution in [0.25, 0.3) is 5.57 Å². The first-order valence-electron chi connectivity index (χ1n) is 11.3. The molecule has 7 nitrogen and oxygen atoms in total. The van der Waals surface area contributed by atoms with Crippen molar-refractivity contribution in [3.8, 4) is 0 Å². The maximum absolute atomic E-state index is 14.0. The van der Waals surface area contributed by atoms with Crippen LogP contribution in [0.15, 0.2) is 47.5 Å². The third-order valence-corrected chi connectivity index (χ3v) is 6.55. The summed E-state index contributed by atoms with van der Waals surface area (Å²) >= 11 is 0. The van der Waals surface area contributed by atoms with Gasteiger partial charge in [0.25, 0.3) is 0 Å². The first-order chi connectivity index (χ1) is 16.8. The number of fused-ring (bicyclic) bond motifs is 1. The molecule has 11 heteroatoms. The Hall–Kier alpha value is -3.34. The van der Waals surface area contributed by atoms with Crippen molar-refractivity contribution in [2.24, 2.45) is 10.9 Å². The van der Waals surface area contributed by atoms with Gasteiger partial charge in [0.2, 0.25) is 5.91 Å². The molecule has 184 valence electrons. The molecule has 1 atom stereocenters. The number of ether oxygens (including phenoxy) is 1. The van der Waals surface area contributed by atoms with Gasteiger partial charge in [0.15, 0.2) is 0 Å². The summed E-state index contributed by atoms with van der Waals surface area (Å²) in [5.74, 6) is -1.34. The van der Waals surface area contributed by atoms with Crippen LogP contribution < -0.4 is 0 Å². The van der Waals surface area contributed by atoms with Gasteiger partial charge in [-0.15, -0.1) is 0 Å². The Balaban J connectivity index is 1.56. The second kappa shape index (κ2) is 9.03. The van der Waals surface area contributed by atoms with Crippen molar-refractivity contribution in [2.75, 3.05) is 33.4 Å². The van der Waals surface area contributed by atoms with Gasteiger partial charge in [-0.1, -0.05) is 0 Å². The van der Waals surface area contributed by atoms with Crippen molar-refractivity contribution < 1.29 is 27.1 Å². The molecule has 0 radical (unpaired) electrons. The van der Waals surface area contributed by atoms with Crippen molar-refractivity contribution in [3.63, 3.8) is 0 Å². The number of nitrogens with zero attached hydrogens (tertiary/aromatic N) is 5. The molecule has 0 spiro atoms. The second-order valence-corrected chi connectivity index (χ2v) is 8.75. The zero-order valence-corrected chi connectivity index (χ0v) is 18.9. The van der Waals surface area contributed by atoms with Gasteiger partial charge in [0.1, 0.15) is 24.9 Å². The number of carbonyl (C=O) groups excluding carboxylic acids is 1. The highest BCUT2D eigenvalue weighted by atomic mass is 19.4. The molecule has 1 amide bonds. The lowest BCUT2D eigenvalue weighted by Gasteiger charge is -2.36. The van der Waals surface area contributed by atoms with Crippen molar-refractivity contribution in [2.45, 2.75) is 25.2 Å². The standard InChI is InChI=1S/C24H23F4N5O2/c1-35-12-20(34)32-8-5-14(6-9-32)23-21(18-4-7-29-13-30-18)22(31-19-11-33(19)23)15-2-3-17(25)16(10-15)24(26,27)28/h2-4,7,10,13-14,19H,5-6,8-9,11-12H2,1H3. The largest absolute Gasteiger partial charge is 0.419 e. The molecule has 2 fully saturated rings. The van der Waals surface area contributed by atoms with Crippen LogP contribution >= 0.6 is 0 Å². The second-order valence-electron chi connectivity index (χ2n) is 8.75. The molecule has 0 aliphatic carbocycles. The summed E-state index contributed by atoms with van der Waals surface area (Å²) in [5, 5.41) is 0. The molecule has 2 aromatic rings. The summed E-state index contributed by atoms with van der Waals surface area (Å²) in [5.41, 5.74) is 1.34. The average Bonchev–Trinajstić information content (AvgIpc) is 3.63. The van der Waals surface area contributed by atoms with E-state index in [4.69, 9.17) is 9.73 Å². The summed E-state index contributed by atoms with van der Waals surface area (Å²) in [6, 6.07) is 4.67. The van der Waals surface area contributed by atoms with Gasteiger partial charge >= 0.3 is 6.18 Å². The fourth-order valence-electron chi connectivity index (χ4n) is 4.83. The van der Waals surface area contributed by atoms with E-state index in [1.807, 2.05) is 0 Å². The third-order valence-electron chi connectivity index (χ3n) is 6.55. The minimum Gasteiger partial charge on any atom is -0.375 e. The maximum atomic E-state index is 14.0. The number of aromatic nitrogens is 2. The number of allylic oxidation sites excluding steroid dienone is 2. The van der Waals surface area contributed by atoms with Gasteiger partial charge < -0.3 is 14.5 Å². The molecule has 0 N–H and O–H groups in total. The zero-order chi connectivity index (χ0) is 24.7. The van der Waals surface area contributed by atoms with Crippen molar-refractivity contribution in [1.82, 2.24) is 19.8 Å². The van der Waals surface area contributed by atoms with Crippen LogP contribution in [-0.4, -0.2) is 70.9 Å². The van der Waals surface area contributed by atoms with E-state index >= 15 is 0 Å². The minimum atomic E-state index is -4.83. The van der Waals surface area contributed by atoms with E-state index in [-0.39, 0.29) is 30.2 Å². The molecule has 35 heavy (non-hydrogen) atoms. The van der Waals surface area contributed by atoms with Crippen LogP contribution in [0, 0.1) is 11.7 Å². The van der Waals surface area contributed by atoms with Crippen LogP contribution in [0.3, 0.4) is 0 Å². The number of piperidine rings is 1. The van der Waals surface area contributed by atoms with Crippen molar-refractivity contribution >= 4 is 17.2 Å². The Morgan fingerprint density at radius 3 is 2.63 bits per heavy atom. The molecule has 2 saturated heterocycles. The van der Waals surface area contributed by atoms with Gasteiger partial charge in [-0.3, -0.25) is 9.79 Å². The molecule has 0 bridgehead atoms. The van der Waals surface area contributed by atoms with E-state index in [1.54, 1.807) is 17.2 Å². The number of halogens is 4. The summed E-state index contributed by atoms with van der Waals surface area (Å²) in [6.07, 6.45) is -0.691. The van der Waals surface area contributed by atoms with Crippen molar-refractivity contribution in [3.05, 3.63) is 65.1 Å². The predicted octanol–water partition coefficient (Wildman–Crippen LogP) is 3.38. The number of likely N-dealkylation sites (tertiary alicyclic amines) is 1. The van der Waals surface area contributed by atoms with E-state index in [1.165, 1.54) is 19.5 Å². The fourth-order valence-corrected chi connectivity index (χ4v) is 4.83. The number of alkyl halides is 3. The molecule has 3 aliphatic heterocycles. The molecule has 1 aromatic carbocycles. The fraction of sp³-hybridized carbons (Fsp3) is 0.417. The highest BCUT2D eigenvalue weighted by molar-refractivity contribution is 6.32. The van der Waals surface area contributed by atoms with Crippen LogP contribution in [0.1, 0.15) is 29.7 Å². The lowest BCUT2D eigenvalue weighted by atomic mass is 9.85. The molecule has 1 unspecified atom stereocenters. The number of rotatable bonds is 5. The number of carbonyl (C=O) groups is 1. The molecule has 3 aliphatic rings. The number of hydrogen-bond donors (Lipinski definition) is 0. The first kappa shape index (κ1) is 23.4. The Bertz CT molecular complexity index is 1190. The number of methoxy groups -OCH3 is 1. The highest BCUT2D eigenvalue weighted by Gasteiger charge is 2.46. The minimum absolute atomic E-state index is 0.0245. The number of amides is 1. The van der Waals surface area contributed by atoms with Gasteiger partial charge in [-0.05, 0) is 37.1 Å². The highest BCUT2D eigenvalue weighted by Crippen LogP contribution is 2.44. The lowest BCUT2D eigenvalue weighted by molar-refractivity contribution is -0.140. The van der Waals surface area contributed by atoms with Gasteiger partial charge in [0, 0.05) is 49.1 Å². The number of aliphatic imine (C=N–C) groups is 1. The number of hydrogen-bond acceptors (Lipinski definition) is 6. The molecular weight excluding hydrogens is 466 g/mol. The SMILES string of the molecule is COCC(=O)N1CCC(C2=C(c3ccncn3)C(c3ccc(F)c(C(F)(F)F)c3)=NC3CN23)CC1. The Labute approximate surface area is 199 Å². The predicted molar refractivity (Wildman–Crippen MR) is 119 cm³/mol. The van der Waals surface area contributed by atoms with E-state index in [2.05, 4.69) is 14.9 Å². The van der Waals surface area contributed by atoms with E-state index in [0.29, 0.717) is 49.5 Å². The molecular formula is C24H23F4N5O2. The van der Waals surface area contributed by atoms with E-state index < -0.39 is 17.6 Å². The summed E-state index contributed by atoms with van der Waals surface area (Å²) in [6.45, 7) is 1.76. The van der Waals surface area contributed by atoms with E-state index in [0.717, 1.165) is 17.8 Å².